The highest BCUT2D eigenvalue weighted by atomic mass is 32.2. The fraction of sp³-hybridized carbons (Fsp3) is 0.562. The van der Waals surface area contributed by atoms with Crippen molar-refractivity contribution >= 4 is 23.4 Å². The highest BCUT2D eigenvalue weighted by Gasteiger charge is 2.18. The molecule has 0 atom stereocenters. The molecule has 1 aliphatic rings. The van der Waals surface area contributed by atoms with Crippen LogP contribution < -0.4 is 10.2 Å². The van der Waals surface area contributed by atoms with Crippen molar-refractivity contribution in [1.82, 2.24) is 5.32 Å². The number of hydrogen-bond donors (Lipinski definition) is 1. The van der Waals surface area contributed by atoms with Crippen LogP contribution in [0.25, 0.3) is 0 Å². The van der Waals surface area contributed by atoms with Crippen LogP contribution in [-0.2, 0) is 4.79 Å². The van der Waals surface area contributed by atoms with Gasteiger partial charge in [0.1, 0.15) is 0 Å². The number of amides is 1. The normalized spacial score (nSPS) is 16.1. The van der Waals surface area contributed by atoms with E-state index < -0.39 is 0 Å². The fourth-order valence-electron chi connectivity index (χ4n) is 2.56. The van der Waals surface area contributed by atoms with E-state index in [-0.39, 0.29) is 5.91 Å². The lowest BCUT2D eigenvalue weighted by molar-refractivity contribution is -0.115. The number of nitrogens with one attached hydrogen (secondary N) is 1. The zero-order valence-electron chi connectivity index (χ0n) is 12.6. The van der Waals surface area contributed by atoms with Gasteiger partial charge in [0.2, 0.25) is 5.91 Å². The third kappa shape index (κ3) is 4.00. The van der Waals surface area contributed by atoms with Gasteiger partial charge in [-0.25, -0.2) is 0 Å². The predicted octanol–water partition coefficient (Wildman–Crippen LogP) is 2.75. The molecule has 3 nitrogen and oxygen atoms in total. The monoisotopic (exact) mass is 292 g/mol. The molecule has 2 rings (SSSR count). The van der Waals surface area contributed by atoms with Crippen LogP contribution in [0.2, 0.25) is 0 Å². The lowest BCUT2D eigenvalue weighted by Gasteiger charge is -2.24. The van der Waals surface area contributed by atoms with Gasteiger partial charge in [-0.3, -0.25) is 4.79 Å². The van der Waals surface area contributed by atoms with E-state index in [9.17, 15) is 4.79 Å². The lowest BCUT2D eigenvalue weighted by atomic mass is 10.1. The van der Waals surface area contributed by atoms with Crippen molar-refractivity contribution in [2.75, 3.05) is 30.8 Å². The van der Waals surface area contributed by atoms with Gasteiger partial charge in [0.05, 0.1) is 5.75 Å². The molecule has 1 fully saturated rings. The van der Waals surface area contributed by atoms with Crippen LogP contribution in [0.1, 0.15) is 24.0 Å². The molecule has 4 heteroatoms. The molecule has 1 aromatic carbocycles. The zero-order chi connectivity index (χ0) is 14.5. The molecule has 0 unspecified atom stereocenters. The summed E-state index contributed by atoms with van der Waals surface area (Å²) in [6.07, 6.45) is 2.34. The zero-order valence-corrected chi connectivity index (χ0v) is 13.4. The predicted molar refractivity (Wildman–Crippen MR) is 87.7 cm³/mol. The SMILES string of the molecule is Cc1ccc(N(C)C(=O)CSC2CCNCC2)c(C)c1. The number of nitrogens with zero attached hydrogens (tertiary/aromatic N) is 1. The topological polar surface area (TPSA) is 32.3 Å². The van der Waals surface area contributed by atoms with Gasteiger partial charge in [0.25, 0.3) is 0 Å². The quantitative estimate of drug-likeness (QED) is 0.926. The Morgan fingerprint density at radius 2 is 2.05 bits per heavy atom. The third-order valence-electron chi connectivity index (χ3n) is 3.82. The number of benzene rings is 1. The molecule has 1 amide bonds. The third-order valence-corrected chi connectivity index (χ3v) is 5.17. The number of thioether (sulfide) groups is 1. The maximum atomic E-state index is 12.3. The van der Waals surface area contributed by atoms with E-state index in [0.29, 0.717) is 11.0 Å². The van der Waals surface area contributed by atoms with Crippen LogP contribution in [-0.4, -0.2) is 37.0 Å². The minimum absolute atomic E-state index is 0.195. The van der Waals surface area contributed by atoms with Crippen molar-refractivity contribution in [3.8, 4) is 0 Å². The van der Waals surface area contributed by atoms with Gasteiger partial charge in [-0.2, -0.15) is 0 Å². The fourth-order valence-corrected chi connectivity index (χ4v) is 3.71. The Morgan fingerprint density at radius 3 is 2.70 bits per heavy atom. The highest BCUT2D eigenvalue weighted by molar-refractivity contribution is 8.00. The number of hydrogen-bond acceptors (Lipinski definition) is 3. The Balaban J connectivity index is 1.90. The molecule has 20 heavy (non-hydrogen) atoms. The number of carbonyl (C=O) groups is 1. The summed E-state index contributed by atoms with van der Waals surface area (Å²) in [6, 6.07) is 6.23. The van der Waals surface area contributed by atoms with E-state index in [1.807, 2.05) is 13.1 Å². The molecule has 1 aromatic rings. The Kier molecular flexibility index (Phi) is 5.49. The van der Waals surface area contributed by atoms with Crippen LogP contribution >= 0.6 is 11.8 Å². The van der Waals surface area contributed by atoms with Crippen molar-refractivity contribution < 1.29 is 4.79 Å². The largest absolute Gasteiger partial charge is 0.317 e. The summed E-state index contributed by atoms with van der Waals surface area (Å²) < 4.78 is 0. The molecule has 0 saturated carbocycles. The standard InChI is InChI=1S/C16H24N2OS/c1-12-4-5-15(13(2)10-12)18(3)16(19)11-20-14-6-8-17-9-7-14/h4-5,10,14,17H,6-9,11H2,1-3H3. The van der Waals surface area contributed by atoms with E-state index in [2.05, 4.69) is 31.3 Å². The lowest BCUT2D eigenvalue weighted by Crippen LogP contribution is -2.32. The molecule has 110 valence electrons. The van der Waals surface area contributed by atoms with Gasteiger partial charge in [0, 0.05) is 18.0 Å². The Morgan fingerprint density at radius 1 is 1.35 bits per heavy atom. The first-order valence-corrected chi connectivity index (χ1v) is 8.29. The molecule has 0 radical (unpaired) electrons. The van der Waals surface area contributed by atoms with Gasteiger partial charge < -0.3 is 10.2 Å². The molecule has 0 aliphatic carbocycles. The second kappa shape index (κ2) is 7.14. The van der Waals surface area contributed by atoms with E-state index in [1.54, 1.807) is 16.7 Å². The summed E-state index contributed by atoms with van der Waals surface area (Å²) in [5, 5.41) is 3.99. The number of carbonyl (C=O) groups excluding carboxylic acids is 1. The minimum Gasteiger partial charge on any atom is -0.317 e. The van der Waals surface area contributed by atoms with Gasteiger partial charge in [-0.1, -0.05) is 17.7 Å². The summed E-state index contributed by atoms with van der Waals surface area (Å²) in [6.45, 7) is 6.30. The van der Waals surface area contributed by atoms with Crippen LogP contribution in [0.4, 0.5) is 5.69 Å². The number of anilines is 1. The summed E-state index contributed by atoms with van der Waals surface area (Å²) in [5.74, 6) is 0.773. The smallest absolute Gasteiger partial charge is 0.236 e. The van der Waals surface area contributed by atoms with Crippen molar-refractivity contribution in [3.63, 3.8) is 0 Å². The molecule has 1 heterocycles. The molecule has 0 bridgehead atoms. The van der Waals surface area contributed by atoms with Gasteiger partial charge in [-0.05, 0) is 51.4 Å². The van der Waals surface area contributed by atoms with E-state index >= 15 is 0 Å². The average Bonchev–Trinajstić information content (AvgIpc) is 2.45. The molecular formula is C16H24N2OS. The Bertz CT molecular complexity index is 470. The molecule has 1 N–H and O–H groups in total. The minimum atomic E-state index is 0.195. The van der Waals surface area contributed by atoms with Gasteiger partial charge in [-0.15, -0.1) is 11.8 Å². The van der Waals surface area contributed by atoms with Crippen molar-refractivity contribution in [2.24, 2.45) is 0 Å². The molecule has 1 aliphatic heterocycles. The summed E-state index contributed by atoms with van der Waals surface area (Å²) in [7, 11) is 1.88. The maximum absolute atomic E-state index is 12.3. The van der Waals surface area contributed by atoms with Crippen LogP contribution in [0.15, 0.2) is 18.2 Å². The highest BCUT2D eigenvalue weighted by Crippen LogP contribution is 2.23. The van der Waals surface area contributed by atoms with Crippen molar-refractivity contribution in [3.05, 3.63) is 29.3 Å². The summed E-state index contributed by atoms with van der Waals surface area (Å²) in [5.41, 5.74) is 3.41. The number of piperidine rings is 1. The van der Waals surface area contributed by atoms with Gasteiger partial charge in [0.15, 0.2) is 0 Å². The van der Waals surface area contributed by atoms with E-state index in [1.165, 1.54) is 18.4 Å². The Hall–Kier alpha value is -1.00. The van der Waals surface area contributed by atoms with Crippen LogP contribution in [0.3, 0.4) is 0 Å². The van der Waals surface area contributed by atoms with Crippen LogP contribution in [0, 0.1) is 13.8 Å². The maximum Gasteiger partial charge on any atom is 0.236 e. The second-order valence-electron chi connectivity index (χ2n) is 5.50. The molecule has 0 spiro atoms. The second-order valence-corrected chi connectivity index (χ2v) is 6.79. The number of rotatable bonds is 4. The van der Waals surface area contributed by atoms with Gasteiger partial charge >= 0.3 is 0 Å². The first kappa shape index (κ1) is 15.4. The van der Waals surface area contributed by atoms with E-state index in [4.69, 9.17) is 0 Å². The first-order chi connectivity index (χ1) is 9.58. The van der Waals surface area contributed by atoms with E-state index in [0.717, 1.165) is 24.3 Å². The van der Waals surface area contributed by atoms with Crippen molar-refractivity contribution in [2.45, 2.75) is 31.9 Å². The van der Waals surface area contributed by atoms with Crippen molar-refractivity contribution in [1.29, 1.82) is 0 Å². The summed E-state index contributed by atoms with van der Waals surface area (Å²) >= 11 is 1.81. The van der Waals surface area contributed by atoms with Crippen LogP contribution in [0.5, 0.6) is 0 Å². The summed E-state index contributed by atoms with van der Waals surface area (Å²) in [4.78, 5) is 14.1. The molecular weight excluding hydrogens is 268 g/mol. The Labute approximate surface area is 126 Å². The molecule has 0 aromatic heterocycles. The first-order valence-electron chi connectivity index (χ1n) is 7.24. The number of aryl methyl sites for hydroxylation is 2. The average molecular weight is 292 g/mol. The molecule has 1 saturated heterocycles.